The zero-order chi connectivity index (χ0) is 16.4. The molecule has 0 saturated heterocycles. The monoisotopic (exact) mass is 330 g/mol. The molecule has 0 aliphatic rings. The molecule has 23 heavy (non-hydrogen) atoms. The van der Waals surface area contributed by atoms with Crippen molar-refractivity contribution in [2.75, 3.05) is 11.9 Å². The van der Waals surface area contributed by atoms with Gasteiger partial charge in [0.2, 0.25) is 0 Å². The molecule has 1 N–H and O–H groups in total. The van der Waals surface area contributed by atoms with Crippen molar-refractivity contribution >= 4 is 32.6 Å². The molecular weight excluding hydrogens is 316 g/mol. The van der Waals surface area contributed by atoms with Gasteiger partial charge >= 0.3 is 0 Å². The van der Waals surface area contributed by atoms with Gasteiger partial charge < -0.3 is 4.74 Å². The van der Waals surface area contributed by atoms with E-state index < -0.39 is 5.91 Å². The summed E-state index contributed by atoms with van der Waals surface area (Å²) >= 11 is 1.35. The van der Waals surface area contributed by atoms with Crippen molar-refractivity contribution in [3.8, 4) is 5.75 Å². The van der Waals surface area contributed by atoms with Crippen LogP contribution >= 0.6 is 11.3 Å². The number of carbonyl (C=O) groups is 1. The van der Waals surface area contributed by atoms with Crippen molar-refractivity contribution in [3.05, 3.63) is 46.4 Å². The summed E-state index contributed by atoms with van der Waals surface area (Å²) in [5.74, 6) is 0.353. The Hall–Kier alpha value is -2.74. The number of anilines is 1. The molecule has 0 fully saturated rings. The van der Waals surface area contributed by atoms with Gasteiger partial charge in [-0.25, -0.2) is 9.67 Å². The lowest BCUT2D eigenvalue weighted by Crippen LogP contribution is -2.23. The van der Waals surface area contributed by atoms with Crippen LogP contribution in [-0.4, -0.2) is 27.3 Å². The van der Waals surface area contributed by atoms with E-state index in [4.69, 9.17) is 4.74 Å². The number of rotatable bonds is 4. The maximum Gasteiger partial charge on any atom is 0.277 e. The minimum absolute atomic E-state index is 0.154. The Morgan fingerprint density at radius 3 is 2.91 bits per heavy atom. The molecule has 0 saturated carbocycles. The average Bonchev–Trinajstić information content (AvgIpc) is 2.91. The summed E-state index contributed by atoms with van der Waals surface area (Å²) in [4.78, 5) is 27.8. The molecule has 118 valence electrons. The molecule has 7 nitrogen and oxygen atoms in total. The molecule has 0 spiro atoms. The number of amides is 1. The molecule has 2 heterocycles. The molecule has 1 aromatic carbocycles. The first-order chi connectivity index (χ1) is 11.1. The van der Waals surface area contributed by atoms with E-state index in [0.717, 1.165) is 20.6 Å². The third kappa shape index (κ3) is 3.21. The topological polar surface area (TPSA) is 86.1 Å². The Bertz CT molecular complexity index is 932. The van der Waals surface area contributed by atoms with Crippen molar-refractivity contribution in [2.45, 2.75) is 6.92 Å². The molecule has 2 aromatic heterocycles. The Morgan fingerprint density at radius 2 is 2.17 bits per heavy atom. The normalized spacial score (nSPS) is 10.7. The Kier molecular flexibility index (Phi) is 4.07. The second kappa shape index (κ2) is 6.17. The molecular formula is C15H14N4O3S. The number of aromatic nitrogens is 3. The highest BCUT2D eigenvalue weighted by Crippen LogP contribution is 2.29. The summed E-state index contributed by atoms with van der Waals surface area (Å²) < 4.78 is 7.48. The molecule has 0 unspecified atom stereocenters. The van der Waals surface area contributed by atoms with Gasteiger partial charge in [-0.2, -0.15) is 5.10 Å². The van der Waals surface area contributed by atoms with Crippen LogP contribution in [0.1, 0.15) is 17.4 Å². The lowest BCUT2D eigenvalue weighted by atomic mass is 10.3. The first-order valence-electron chi connectivity index (χ1n) is 6.96. The molecule has 0 bridgehead atoms. The Balaban J connectivity index is 1.84. The van der Waals surface area contributed by atoms with Gasteiger partial charge in [-0.1, -0.05) is 11.3 Å². The zero-order valence-corrected chi connectivity index (χ0v) is 13.4. The second-order valence-electron chi connectivity index (χ2n) is 4.72. The van der Waals surface area contributed by atoms with Gasteiger partial charge in [-0.05, 0) is 31.2 Å². The highest BCUT2D eigenvalue weighted by molar-refractivity contribution is 7.22. The predicted molar refractivity (Wildman–Crippen MR) is 88.2 cm³/mol. The number of nitrogens with one attached hydrogen (secondary N) is 1. The van der Waals surface area contributed by atoms with Crippen LogP contribution in [0.15, 0.2) is 35.1 Å². The van der Waals surface area contributed by atoms with E-state index >= 15 is 0 Å². The SMILES string of the molecule is CCOc1ccc2nc(NC(=O)c3ccc(=O)n(C)n3)sc2c1. The molecule has 3 aromatic rings. The van der Waals surface area contributed by atoms with Crippen molar-refractivity contribution in [1.29, 1.82) is 0 Å². The van der Waals surface area contributed by atoms with E-state index in [0.29, 0.717) is 11.7 Å². The minimum Gasteiger partial charge on any atom is -0.494 e. The minimum atomic E-state index is -0.412. The third-order valence-corrected chi connectivity index (χ3v) is 4.02. The molecule has 3 rings (SSSR count). The summed E-state index contributed by atoms with van der Waals surface area (Å²) in [5, 5.41) is 7.07. The van der Waals surface area contributed by atoms with Crippen LogP contribution in [-0.2, 0) is 7.05 Å². The largest absolute Gasteiger partial charge is 0.494 e. The molecule has 0 atom stereocenters. The number of hydrogen-bond donors (Lipinski definition) is 1. The lowest BCUT2D eigenvalue weighted by Gasteiger charge is -2.01. The van der Waals surface area contributed by atoms with Gasteiger partial charge in [0.25, 0.3) is 11.5 Å². The van der Waals surface area contributed by atoms with Crippen LogP contribution in [0, 0.1) is 0 Å². The first kappa shape index (κ1) is 15.2. The summed E-state index contributed by atoms with van der Waals surface area (Å²) in [6, 6.07) is 8.26. The van der Waals surface area contributed by atoms with Crippen molar-refractivity contribution in [1.82, 2.24) is 14.8 Å². The van der Waals surface area contributed by atoms with Crippen LogP contribution in [0.2, 0.25) is 0 Å². The maximum atomic E-state index is 12.2. The van der Waals surface area contributed by atoms with E-state index in [1.807, 2.05) is 25.1 Å². The highest BCUT2D eigenvalue weighted by atomic mass is 32.1. The van der Waals surface area contributed by atoms with Crippen molar-refractivity contribution in [2.24, 2.45) is 7.05 Å². The summed E-state index contributed by atoms with van der Waals surface area (Å²) in [5.41, 5.74) is 0.661. The smallest absolute Gasteiger partial charge is 0.277 e. The summed E-state index contributed by atoms with van der Waals surface area (Å²) in [6.07, 6.45) is 0. The van der Waals surface area contributed by atoms with Crippen LogP contribution in [0.5, 0.6) is 5.75 Å². The van der Waals surface area contributed by atoms with Gasteiger partial charge in [0.1, 0.15) is 11.4 Å². The van der Waals surface area contributed by atoms with Gasteiger partial charge in [0, 0.05) is 13.1 Å². The lowest BCUT2D eigenvalue weighted by molar-refractivity contribution is 0.102. The van der Waals surface area contributed by atoms with Gasteiger partial charge in [-0.3, -0.25) is 14.9 Å². The number of ether oxygens (including phenoxy) is 1. The quantitative estimate of drug-likeness (QED) is 0.791. The number of aryl methyl sites for hydroxylation is 1. The number of nitrogens with zero attached hydrogens (tertiary/aromatic N) is 3. The van der Waals surface area contributed by atoms with Gasteiger partial charge in [-0.15, -0.1) is 0 Å². The van der Waals surface area contributed by atoms with Crippen LogP contribution in [0.25, 0.3) is 10.2 Å². The fraction of sp³-hybridized carbons (Fsp3) is 0.200. The number of benzene rings is 1. The van der Waals surface area contributed by atoms with Crippen LogP contribution in [0.3, 0.4) is 0 Å². The molecule has 8 heteroatoms. The van der Waals surface area contributed by atoms with E-state index in [-0.39, 0.29) is 11.3 Å². The van der Waals surface area contributed by atoms with Crippen molar-refractivity contribution in [3.63, 3.8) is 0 Å². The number of fused-ring (bicyclic) bond motifs is 1. The molecule has 0 aliphatic heterocycles. The van der Waals surface area contributed by atoms with Crippen LogP contribution < -0.4 is 15.6 Å². The average molecular weight is 330 g/mol. The zero-order valence-electron chi connectivity index (χ0n) is 12.6. The molecule has 0 radical (unpaired) electrons. The number of thiazole rings is 1. The summed E-state index contributed by atoms with van der Waals surface area (Å²) in [6.45, 7) is 2.51. The van der Waals surface area contributed by atoms with E-state index in [1.54, 1.807) is 0 Å². The predicted octanol–water partition coefficient (Wildman–Crippen LogP) is 2.04. The van der Waals surface area contributed by atoms with Crippen LogP contribution in [0.4, 0.5) is 5.13 Å². The third-order valence-electron chi connectivity index (χ3n) is 3.08. The number of hydrogen-bond acceptors (Lipinski definition) is 6. The fourth-order valence-electron chi connectivity index (χ4n) is 2.00. The summed E-state index contributed by atoms with van der Waals surface area (Å²) in [7, 11) is 1.49. The van der Waals surface area contributed by atoms with Crippen molar-refractivity contribution < 1.29 is 9.53 Å². The van der Waals surface area contributed by atoms with E-state index in [2.05, 4.69) is 15.4 Å². The second-order valence-corrected chi connectivity index (χ2v) is 5.75. The Morgan fingerprint density at radius 1 is 1.35 bits per heavy atom. The first-order valence-corrected chi connectivity index (χ1v) is 7.77. The molecule has 0 aliphatic carbocycles. The highest BCUT2D eigenvalue weighted by Gasteiger charge is 2.12. The Labute approximate surface area is 135 Å². The maximum absolute atomic E-state index is 12.2. The van der Waals surface area contributed by atoms with E-state index in [9.17, 15) is 9.59 Å². The molecule has 1 amide bonds. The van der Waals surface area contributed by atoms with Gasteiger partial charge in [0.05, 0.1) is 16.8 Å². The van der Waals surface area contributed by atoms with Gasteiger partial charge in [0.15, 0.2) is 5.13 Å². The fourth-order valence-corrected chi connectivity index (χ4v) is 2.89. The number of carbonyl (C=O) groups excluding carboxylic acids is 1. The van der Waals surface area contributed by atoms with E-state index in [1.165, 1.54) is 30.5 Å². The standard InChI is InChI=1S/C15H14N4O3S/c1-3-22-9-4-5-10-12(8-9)23-15(16-10)17-14(21)11-6-7-13(20)19(2)18-11/h4-8H,3H2,1-2H3,(H,16,17,21).